The number of aldehydes is 1. The number of hydrogen-bond donors (Lipinski definition) is 0. The monoisotopic (exact) mass is 338 g/mol. The van der Waals surface area contributed by atoms with Crippen molar-refractivity contribution in [2.75, 3.05) is 0 Å². The molecule has 0 saturated heterocycles. The Morgan fingerprint density at radius 2 is 1.38 bits per heavy atom. The maximum atomic E-state index is 12.9. The van der Waals surface area contributed by atoms with E-state index in [-0.39, 0.29) is 17.8 Å². The van der Waals surface area contributed by atoms with Crippen molar-refractivity contribution in [2.24, 2.45) is 22.2 Å². The average Bonchev–Trinajstić information content (AvgIpc) is 2.69. The smallest absolute Gasteiger partial charge is 0.324 e. The molecule has 0 amide bonds. The zero-order valence-electron chi connectivity index (χ0n) is 16.1. The first-order chi connectivity index (χ1) is 10.6. The van der Waals surface area contributed by atoms with Crippen molar-refractivity contribution in [1.82, 2.24) is 0 Å². The van der Waals surface area contributed by atoms with Gasteiger partial charge in [0, 0.05) is 5.41 Å². The van der Waals surface area contributed by atoms with Crippen LogP contribution in [-0.4, -0.2) is 29.4 Å². The van der Waals surface area contributed by atoms with Gasteiger partial charge in [0.1, 0.15) is 17.5 Å². The van der Waals surface area contributed by atoms with Gasteiger partial charge in [-0.1, -0.05) is 13.8 Å². The van der Waals surface area contributed by atoms with Gasteiger partial charge in [-0.3, -0.25) is 9.59 Å². The topological polar surface area (TPSA) is 69.7 Å². The Bertz CT molecular complexity index is 548. The molecule has 2 rings (SSSR count). The lowest BCUT2D eigenvalue weighted by atomic mass is 9.75. The highest BCUT2D eigenvalue weighted by molar-refractivity contribution is 6.02. The summed E-state index contributed by atoms with van der Waals surface area (Å²) in [5, 5.41) is 0. The fraction of sp³-hybridized carbons (Fsp3) is 0.842. The summed E-state index contributed by atoms with van der Waals surface area (Å²) in [6.07, 6.45) is 1.40. The molecule has 0 bridgehead atoms. The fourth-order valence-electron chi connectivity index (χ4n) is 4.13. The number of carbonyl (C=O) groups is 3. The summed E-state index contributed by atoms with van der Waals surface area (Å²) in [6, 6.07) is 0. The number of fused-ring (bicyclic) bond motifs is 1. The molecule has 0 aromatic heterocycles. The normalized spacial score (nSPS) is 30.2. The number of rotatable bonds is 3. The van der Waals surface area contributed by atoms with Crippen molar-refractivity contribution >= 4 is 18.2 Å². The molecule has 2 aliphatic rings. The van der Waals surface area contributed by atoms with E-state index in [2.05, 4.69) is 0 Å². The Balaban J connectivity index is 2.37. The lowest BCUT2D eigenvalue weighted by Gasteiger charge is -2.35. The molecule has 0 heterocycles. The van der Waals surface area contributed by atoms with Crippen molar-refractivity contribution in [2.45, 2.75) is 79.4 Å². The predicted octanol–water partition coefficient (Wildman–Crippen LogP) is 3.29. The Morgan fingerprint density at radius 1 is 0.958 bits per heavy atom. The number of hydrogen-bond acceptors (Lipinski definition) is 5. The molecule has 2 atom stereocenters. The largest absolute Gasteiger partial charge is 0.459 e. The van der Waals surface area contributed by atoms with Crippen LogP contribution in [0.4, 0.5) is 0 Å². The first-order valence-corrected chi connectivity index (χ1v) is 8.55. The van der Waals surface area contributed by atoms with Gasteiger partial charge in [0.05, 0.1) is 0 Å². The van der Waals surface area contributed by atoms with Gasteiger partial charge in [0.25, 0.3) is 0 Å². The van der Waals surface area contributed by atoms with E-state index in [9.17, 15) is 14.4 Å². The molecule has 0 aliphatic heterocycles. The zero-order valence-corrected chi connectivity index (χ0v) is 16.1. The van der Waals surface area contributed by atoms with Crippen LogP contribution in [0.1, 0.15) is 68.2 Å². The van der Waals surface area contributed by atoms with E-state index < -0.39 is 34.0 Å². The van der Waals surface area contributed by atoms with E-state index in [1.54, 1.807) is 41.5 Å². The standard InChI is InChI=1S/C19H30O5/c1-15(2,3)23-13(21)18(14(22)24-16(4,5)6)9-12-17(7,8)19(12,10-18)11-20/h11-12H,9-10H2,1-8H3/t12-,19+/m0/s1. The molecule has 0 aromatic rings. The second kappa shape index (κ2) is 5.06. The van der Waals surface area contributed by atoms with Crippen LogP contribution in [-0.2, 0) is 23.9 Å². The highest BCUT2D eigenvalue weighted by Gasteiger charge is 2.81. The summed E-state index contributed by atoms with van der Waals surface area (Å²) < 4.78 is 11.1. The average molecular weight is 338 g/mol. The Hall–Kier alpha value is -1.39. The van der Waals surface area contributed by atoms with Gasteiger partial charge < -0.3 is 14.3 Å². The van der Waals surface area contributed by atoms with Gasteiger partial charge in [0.2, 0.25) is 0 Å². The molecule has 5 heteroatoms. The van der Waals surface area contributed by atoms with Crippen LogP contribution in [0.5, 0.6) is 0 Å². The van der Waals surface area contributed by atoms with Crippen molar-refractivity contribution < 1.29 is 23.9 Å². The van der Waals surface area contributed by atoms with Crippen LogP contribution in [0.15, 0.2) is 0 Å². The molecule has 0 N–H and O–H groups in total. The van der Waals surface area contributed by atoms with E-state index in [0.29, 0.717) is 6.42 Å². The van der Waals surface area contributed by atoms with Gasteiger partial charge in [-0.25, -0.2) is 0 Å². The lowest BCUT2D eigenvalue weighted by molar-refractivity contribution is -0.186. The Kier molecular flexibility index (Phi) is 3.99. The van der Waals surface area contributed by atoms with E-state index in [4.69, 9.17) is 9.47 Å². The van der Waals surface area contributed by atoms with Gasteiger partial charge in [-0.15, -0.1) is 0 Å². The SMILES string of the molecule is CC(C)(C)OC(=O)C1(C(=O)OC(C)(C)C)C[C@H]2C(C)(C)[C@@]2(C=O)C1. The quantitative estimate of drug-likeness (QED) is 0.449. The Labute approximate surface area is 144 Å². The molecule has 0 unspecified atom stereocenters. The minimum Gasteiger partial charge on any atom is -0.459 e. The predicted molar refractivity (Wildman–Crippen MR) is 89.1 cm³/mol. The third kappa shape index (κ3) is 2.76. The Morgan fingerprint density at radius 3 is 1.67 bits per heavy atom. The third-order valence-electron chi connectivity index (χ3n) is 5.55. The first kappa shape index (κ1) is 18.9. The minimum atomic E-state index is -1.39. The lowest BCUT2D eigenvalue weighted by Crippen LogP contribution is -2.47. The fourth-order valence-corrected chi connectivity index (χ4v) is 4.13. The van der Waals surface area contributed by atoms with Crippen LogP contribution < -0.4 is 0 Å². The molecule has 0 spiro atoms. The summed E-state index contributed by atoms with van der Waals surface area (Å²) in [5.41, 5.74) is -3.63. The summed E-state index contributed by atoms with van der Waals surface area (Å²) in [5.74, 6) is -1.15. The molecular formula is C19H30O5. The molecule has 2 fully saturated rings. The highest BCUT2D eigenvalue weighted by Crippen LogP contribution is 2.79. The van der Waals surface area contributed by atoms with Crippen LogP contribution >= 0.6 is 0 Å². The van der Waals surface area contributed by atoms with Crippen molar-refractivity contribution in [3.05, 3.63) is 0 Å². The van der Waals surface area contributed by atoms with Crippen LogP contribution in [0.3, 0.4) is 0 Å². The third-order valence-corrected chi connectivity index (χ3v) is 5.55. The maximum absolute atomic E-state index is 12.9. The molecule has 2 aliphatic carbocycles. The van der Waals surface area contributed by atoms with Gasteiger partial charge in [-0.05, 0) is 65.7 Å². The van der Waals surface area contributed by atoms with Crippen molar-refractivity contribution in [3.63, 3.8) is 0 Å². The molecular weight excluding hydrogens is 308 g/mol. The van der Waals surface area contributed by atoms with Crippen molar-refractivity contribution in [3.8, 4) is 0 Å². The number of carbonyl (C=O) groups excluding carboxylic acids is 3. The summed E-state index contributed by atoms with van der Waals surface area (Å²) in [7, 11) is 0. The number of esters is 2. The van der Waals surface area contributed by atoms with Crippen molar-refractivity contribution in [1.29, 1.82) is 0 Å². The zero-order chi connectivity index (χ0) is 18.8. The molecule has 5 nitrogen and oxygen atoms in total. The molecule has 0 aromatic carbocycles. The van der Waals surface area contributed by atoms with Gasteiger partial charge >= 0.3 is 11.9 Å². The summed E-state index contributed by atoms with van der Waals surface area (Å²) in [6.45, 7) is 14.6. The van der Waals surface area contributed by atoms with Crippen LogP contribution in [0.25, 0.3) is 0 Å². The van der Waals surface area contributed by atoms with Gasteiger partial charge in [0.15, 0.2) is 5.41 Å². The summed E-state index contributed by atoms with van der Waals surface area (Å²) in [4.78, 5) is 37.6. The van der Waals surface area contributed by atoms with Gasteiger partial charge in [-0.2, -0.15) is 0 Å². The molecule has 24 heavy (non-hydrogen) atoms. The minimum absolute atomic E-state index is 0.00235. The molecule has 2 saturated carbocycles. The highest BCUT2D eigenvalue weighted by atomic mass is 16.6. The number of ether oxygens (including phenoxy) is 2. The maximum Gasteiger partial charge on any atom is 0.324 e. The van der Waals surface area contributed by atoms with E-state index >= 15 is 0 Å². The first-order valence-electron chi connectivity index (χ1n) is 8.55. The van der Waals surface area contributed by atoms with E-state index in [0.717, 1.165) is 6.29 Å². The molecule has 0 radical (unpaired) electrons. The van der Waals surface area contributed by atoms with E-state index in [1.165, 1.54) is 0 Å². The summed E-state index contributed by atoms with van der Waals surface area (Å²) >= 11 is 0. The second-order valence-corrected chi connectivity index (χ2v) is 9.90. The van der Waals surface area contributed by atoms with Crippen LogP contribution in [0.2, 0.25) is 0 Å². The van der Waals surface area contributed by atoms with E-state index in [1.807, 2.05) is 13.8 Å². The van der Waals surface area contributed by atoms with Crippen LogP contribution in [0, 0.1) is 22.2 Å². The second-order valence-electron chi connectivity index (χ2n) is 9.90. The molecule has 136 valence electrons.